The molecule has 1 aromatic heterocycles. The minimum Gasteiger partial charge on any atom is -0.381 e. The van der Waals surface area contributed by atoms with E-state index in [1.54, 1.807) is 11.8 Å². The van der Waals surface area contributed by atoms with Crippen LogP contribution in [0.15, 0.2) is 65.6 Å². The molecule has 232 valence electrons. The van der Waals surface area contributed by atoms with E-state index in [0.29, 0.717) is 12.3 Å². The highest BCUT2D eigenvalue weighted by Crippen LogP contribution is 2.37. The lowest BCUT2D eigenvalue weighted by atomic mass is 9.92. The number of carbonyl (C=O) groups excluding carboxylic acids is 1. The summed E-state index contributed by atoms with van der Waals surface area (Å²) in [6.45, 7) is 12.9. The number of para-hydroxylation sites is 1. The van der Waals surface area contributed by atoms with E-state index in [2.05, 4.69) is 108 Å². The first-order valence-corrected chi connectivity index (χ1v) is 16.7. The fraction of sp³-hybridized carbons (Fsp3) is 0.457. The molecule has 0 saturated heterocycles. The molecule has 2 aromatic carbocycles. The molecule has 4 rings (SSSR count). The Hall–Kier alpha value is -3.52. The topological polar surface area (TPSA) is 73.4 Å². The van der Waals surface area contributed by atoms with Crippen LogP contribution in [0.25, 0.3) is 0 Å². The van der Waals surface area contributed by atoms with Crippen LogP contribution >= 0.6 is 11.8 Å². The number of nitrogens with one attached hydrogen (secondary N) is 2. The van der Waals surface area contributed by atoms with Crippen LogP contribution in [0.2, 0.25) is 0 Å². The number of aryl methyl sites for hydroxylation is 1. The van der Waals surface area contributed by atoms with Gasteiger partial charge in [0.05, 0.1) is 23.9 Å². The number of hydrogen-bond donors (Lipinski definition) is 2. The molecular formula is C35H50N6OS. The minimum atomic E-state index is 0.0353. The monoisotopic (exact) mass is 602 g/mol. The van der Waals surface area contributed by atoms with E-state index < -0.39 is 0 Å². The molecule has 1 unspecified atom stereocenters. The summed E-state index contributed by atoms with van der Waals surface area (Å²) in [6.07, 6.45) is 12.2. The smallest absolute Gasteiger partial charge is 0.150 e. The summed E-state index contributed by atoms with van der Waals surface area (Å²) in [5, 5.41) is 7.18. The van der Waals surface area contributed by atoms with Crippen molar-refractivity contribution in [3.8, 4) is 0 Å². The summed E-state index contributed by atoms with van der Waals surface area (Å²) in [5.74, 6) is 2.66. The molecule has 1 atom stereocenters. The van der Waals surface area contributed by atoms with Crippen molar-refractivity contribution in [3.05, 3.63) is 88.8 Å². The van der Waals surface area contributed by atoms with Gasteiger partial charge in [0.15, 0.2) is 0 Å². The van der Waals surface area contributed by atoms with E-state index in [1.807, 2.05) is 32.3 Å². The summed E-state index contributed by atoms with van der Waals surface area (Å²) >= 11 is 1.73. The van der Waals surface area contributed by atoms with Crippen molar-refractivity contribution in [2.45, 2.75) is 70.7 Å². The normalized spacial score (nSPS) is 13.4. The molecule has 3 aromatic rings. The molecule has 0 aliphatic heterocycles. The number of allylic oxidation sites excluding steroid dienone is 1. The molecule has 7 nitrogen and oxygen atoms in total. The molecule has 2 N–H and O–H groups in total. The predicted octanol–water partition coefficient (Wildman–Crippen LogP) is 7.78. The first-order chi connectivity index (χ1) is 20.8. The Morgan fingerprint density at radius 1 is 1.14 bits per heavy atom. The molecule has 8 heteroatoms. The van der Waals surface area contributed by atoms with Crippen molar-refractivity contribution in [1.82, 2.24) is 19.8 Å². The van der Waals surface area contributed by atoms with Crippen molar-refractivity contribution in [2.75, 3.05) is 50.6 Å². The lowest BCUT2D eigenvalue weighted by Crippen LogP contribution is -2.35. The maximum absolute atomic E-state index is 12.2. The fourth-order valence-electron chi connectivity index (χ4n) is 5.21. The number of aldehydes is 1. The van der Waals surface area contributed by atoms with Crippen LogP contribution in [0.5, 0.6) is 0 Å². The quantitative estimate of drug-likeness (QED) is 0.135. The molecule has 1 aliphatic rings. The highest BCUT2D eigenvalue weighted by Gasteiger charge is 2.26. The number of benzene rings is 2. The van der Waals surface area contributed by atoms with Crippen LogP contribution in [0.4, 0.5) is 11.4 Å². The molecule has 1 heterocycles. The van der Waals surface area contributed by atoms with E-state index in [0.717, 1.165) is 71.2 Å². The lowest BCUT2D eigenvalue weighted by Gasteiger charge is -2.31. The highest BCUT2D eigenvalue weighted by molar-refractivity contribution is 7.98. The molecule has 0 amide bonds. The number of anilines is 2. The zero-order valence-electron chi connectivity index (χ0n) is 27.3. The van der Waals surface area contributed by atoms with Gasteiger partial charge in [0.25, 0.3) is 0 Å². The second-order valence-electron chi connectivity index (χ2n) is 10.9. The van der Waals surface area contributed by atoms with Gasteiger partial charge in [-0.05, 0) is 81.7 Å². The summed E-state index contributed by atoms with van der Waals surface area (Å²) in [7, 11) is 4.15. The average molecular weight is 603 g/mol. The van der Waals surface area contributed by atoms with Gasteiger partial charge < -0.3 is 20.4 Å². The summed E-state index contributed by atoms with van der Waals surface area (Å²) in [4.78, 5) is 27.0. The molecule has 0 spiro atoms. The van der Waals surface area contributed by atoms with Crippen LogP contribution in [-0.2, 0) is 6.42 Å². The van der Waals surface area contributed by atoms with Gasteiger partial charge in [-0.3, -0.25) is 4.79 Å². The van der Waals surface area contributed by atoms with Crippen molar-refractivity contribution in [1.29, 1.82) is 0 Å². The van der Waals surface area contributed by atoms with Gasteiger partial charge in [-0.25, -0.2) is 9.97 Å². The SMILES string of the molecule is CC.CCN(CCNc1cnc(C2CC2)nc1)/C(=C/Cc1c(C=O)cc(C)cc1C(C)Nc1ccccc1SC)N(C)C. The van der Waals surface area contributed by atoms with Gasteiger partial charge in [-0.15, -0.1) is 11.8 Å². The first-order valence-electron chi connectivity index (χ1n) is 15.5. The molecule has 0 radical (unpaired) electrons. The van der Waals surface area contributed by atoms with Crippen molar-refractivity contribution >= 4 is 29.4 Å². The Labute approximate surface area is 263 Å². The van der Waals surface area contributed by atoms with Gasteiger partial charge >= 0.3 is 0 Å². The minimum absolute atomic E-state index is 0.0353. The Balaban J connectivity index is 0.00000248. The number of hydrogen-bond acceptors (Lipinski definition) is 8. The van der Waals surface area contributed by atoms with Gasteiger partial charge in [0, 0.05) is 61.8 Å². The number of thioether (sulfide) groups is 1. The van der Waals surface area contributed by atoms with Gasteiger partial charge in [-0.2, -0.15) is 0 Å². The molecule has 1 aliphatic carbocycles. The summed E-state index contributed by atoms with van der Waals surface area (Å²) in [6, 6.07) is 12.6. The number of carbonyl (C=O) groups is 1. The number of likely N-dealkylation sites (N-methyl/N-ethyl adjacent to an activating group) is 1. The van der Waals surface area contributed by atoms with Crippen molar-refractivity contribution in [2.24, 2.45) is 0 Å². The fourth-order valence-corrected chi connectivity index (χ4v) is 5.78. The molecule has 1 fully saturated rings. The van der Waals surface area contributed by atoms with E-state index in [-0.39, 0.29) is 6.04 Å². The number of rotatable bonds is 15. The maximum atomic E-state index is 12.2. The third-order valence-corrected chi connectivity index (χ3v) is 8.31. The van der Waals surface area contributed by atoms with E-state index in [1.165, 1.54) is 17.7 Å². The average Bonchev–Trinajstić information content (AvgIpc) is 3.87. The lowest BCUT2D eigenvalue weighted by molar-refractivity contribution is 0.112. The second kappa shape index (κ2) is 16.9. The second-order valence-corrected chi connectivity index (χ2v) is 11.7. The van der Waals surface area contributed by atoms with Gasteiger partial charge in [-0.1, -0.05) is 37.6 Å². The van der Waals surface area contributed by atoms with Crippen molar-refractivity contribution < 1.29 is 4.79 Å². The number of nitrogens with zero attached hydrogens (tertiary/aromatic N) is 4. The highest BCUT2D eigenvalue weighted by atomic mass is 32.2. The van der Waals surface area contributed by atoms with Crippen LogP contribution < -0.4 is 10.6 Å². The van der Waals surface area contributed by atoms with Gasteiger partial charge in [0.1, 0.15) is 12.1 Å². The predicted molar refractivity (Wildman–Crippen MR) is 183 cm³/mol. The molecule has 0 bridgehead atoms. The Bertz CT molecular complexity index is 1340. The first kappa shape index (κ1) is 34.0. The zero-order chi connectivity index (χ0) is 31.4. The van der Waals surface area contributed by atoms with Gasteiger partial charge in [0.2, 0.25) is 0 Å². The summed E-state index contributed by atoms with van der Waals surface area (Å²) < 4.78 is 0. The number of aromatic nitrogens is 2. The van der Waals surface area contributed by atoms with E-state index in [9.17, 15) is 4.79 Å². The maximum Gasteiger partial charge on any atom is 0.150 e. The van der Waals surface area contributed by atoms with E-state index in [4.69, 9.17) is 0 Å². The Kier molecular flexibility index (Phi) is 13.4. The molecular weight excluding hydrogens is 552 g/mol. The third kappa shape index (κ3) is 9.48. The van der Waals surface area contributed by atoms with Crippen LogP contribution in [0, 0.1) is 6.92 Å². The van der Waals surface area contributed by atoms with Crippen LogP contribution in [0.3, 0.4) is 0 Å². The Morgan fingerprint density at radius 3 is 2.44 bits per heavy atom. The van der Waals surface area contributed by atoms with Crippen LogP contribution in [-0.4, -0.2) is 66.0 Å². The standard InChI is InChI=1S/C33H44N6OS.C2H6/c1-7-39(17-16-34-27-20-35-33(36-21-27)25-12-13-25)32(38(4)5)15-14-28-26(22-40)18-23(2)19-29(28)24(3)37-30-10-8-9-11-31(30)41-6;1-2/h8-11,15,18-22,24-25,34,37H,7,12-14,16-17H2,1-6H3;1-2H3/b32-15+;. The third-order valence-electron chi connectivity index (χ3n) is 7.51. The van der Waals surface area contributed by atoms with E-state index >= 15 is 0 Å². The summed E-state index contributed by atoms with van der Waals surface area (Å²) in [5.41, 5.74) is 6.11. The van der Waals surface area contributed by atoms with Crippen molar-refractivity contribution in [3.63, 3.8) is 0 Å². The Morgan fingerprint density at radius 2 is 1.84 bits per heavy atom. The largest absolute Gasteiger partial charge is 0.381 e. The van der Waals surface area contributed by atoms with Crippen LogP contribution in [0.1, 0.15) is 85.4 Å². The molecule has 1 saturated carbocycles. The zero-order valence-corrected chi connectivity index (χ0v) is 28.1. The molecule has 43 heavy (non-hydrogen) atoms.